The van der Waals surface area contributed by atoms with Gasteiger partial charge in [-0.3, -0.25) is 14.5 Å². The molecule has 9 nitrogen and oxygen atoms in total. The van der Waals surface area contributed by atoms with Gasteiger partial charge in [0.2, 0.25) is 16.0 Å². The second-order valence-corrected chi connectivity index (χ2v) is 13.5. The van der Waals surface area contributed by atoms with Crippen molar-refractivity contribution in [2.75, 3.05) is 31.1 Å². The van der Waals surface area contributed by atoms with Crippen LogP contribution in [-0.2, 0) is 22.5 Å². The van der Waals surface area contributed by atoms with E-state index in [2.05, 4.69) is 49.6 Å². The number of piperidine rings is 1. The predicted molar refractivity (Wildman–Crippen MR) is 133 cm³/mol. The Labute approximate surface area is 197 Å². The third-order valence-corrected chi connectivity index (χ3v) is 8.56. The molecule has 3 heterocycles. The van der Waals surface area contributed by atoms with Crippen molar-refractivity contribution in [3.05, 3.63) is 16.0 Å². The summed E-state index contributed by atoms with van der Waals surface area (Å²) in [5, 5.41) is 4.20. The van der Waals surface area contributed by atoms with Crippen molar-refractivity contribution in [3.8, 4) is 0 Å². The normalized spacial score (nSPS) is 16.9. The zero-order chi connectivity index (χ0) is 24.7. The molecular weight excluding hydrogens is 440 g/mol. The maximum absolute atomic E-state index is 13.0. The maximum atomic E-state index is 13.0. The monoisotopic (exact) mass is 480 g/mol. The fourth-order valence-corrected chi connectivity index (χ4v) is 5.78. The molecule has 10 heteroatoms. The van der Waals surface area contributed by atoms with Crippen molar-refractivity contribution < 1.29 is 8.42 Å². The highest BCUT2D eigenvalue weighted by molar-refractivity contribution is 7.89. The van der Waals surface area contributed by atoms with Gasteiger partial charge in [0.05, 0.1) is 10.9 Å². The lowest BCUT2D eigenvalue weighted by Gasteiger charge is -2.35. The number of hydrogen-bond donors (Lipinski definition) is 1. The SMILES string of the molecule is CC(C)CN(CC1CCN(S(=O)(=O)C(C)C)CC1)c1nc2c(C(C)(C)C)nn(C)c2c(=O)[nH]1. The summed E-state index contributed by atoms with van der Waals surface area (Å²) < 4.78 is 28.3. The number of aromatic nitrogens is 4. The van der Waals surface area contributed by atoms with Gasteiger partial charge < -0.3 is 4.90 Å². The second-order valence-electron chi connectivity index (χ2n) is 11.0. The van der Waals surface area contributed by atoms with Crippen LogP contribution in [0.3, 0.4) is 0 Å². The highest BCUT2D eigenvalue weighted by Gasteiger charge is 2.32. The fraction of sp³-hybridized carbons (Fsp3) is 0.783. The summed E-state index contributed by atoms with van der Waals surface area (Å²) in [5.41, 5.74) is 1.52. The molecule has 0 spiro atoms. The van der Waals surface area contributed by atoms with Gasteiger partial charge in [0.15, 0.2) is 5.52 Å². The maximum Gasteiger partial charge on any atom is 0.278 e. The molecule has 0 bridgehead atoms. The summed E-state index contributed by atoms with van der Waals surface area (Å²) in [5.74, 6) is 1.28. The molecule has 1 fully saturated rings. The molecule has 1 N–H and O–H groups in total. The van der Waals surface area contributed by atoms with Crippen LogP contribution in [0.1, 0.15) is 67.0 Å². The number of anilines is 1. The highest BCUT2D eigenvalue weighted by Crippen LogP contribution is 2.28. The van der Waals surface area contributed by atoms with E-state index in [0.717, 1.165) is 31.6 Å². The van der Waals surface area contributed by atoms with Gasteiger partial charge in [-0.1, -0.05) is 34.6 Å². The lowest BCUT2D eigenvalue weighted by atomic mass is 9.91. The molecule has 0 aromatic carbocycles. The molecule has 186 valence electrons. The fourth-order valence-electron chi connectivity index (χ4n) is 4.47. The Balaban J connectivity index is 1.89. The van der Waals surface area contributed by atoms with Crippen molar-refractivity contribution in [3.63, 3.8) is 0 Å². The number of rotatable bonds is 7. The molecule has 1 saturated heterocycles. The lowest BCUT2D eigenvalue weighted by molar-refractivity contribution is 0.272. The van der Waals surface area contributed by atoms with Crippen LogP contribution in [0.4, 0.5) is 5.95 Å². The lowest BCUT2D eigenvalue weighted by Crippen LogP contribution is -2.44. The van der Waals surface area contributed by atoms with Crippen LogP contribution in [0.15, 0.2) is 4.79 Å². The predicted octanol–water partition coefficient (Wildman–Crippen LogP) is 2.87. The Morgan fingerprint density at radius 2 is 1.76 bits per heavy atom. The largest absolute Gasteiger partial charge is 0.342 e. The van der Waals surface area contributed by atoms with Crippen molar-refractivity contribution >= 4 is 27.0 Å². The van der Waals surface area contributed by atoms with Gasteiger partial charge in [-0.25, -0.2) is 17.7 Å². The molecule has 1 aliphatic rings. The minimum Gasteiger partial charge on any atom is -0.342 e. The van der Waals surface area contributed by atoms with Crippen molar-refractivity contribution in [1.82, 2.24) is 24.1 Å². The quantitative estimate of drug-likeness (QED) is 0.653. The van der Waals surface area contributed by atoms with E-state index in [0.29, 0.717) is 41.9 Å². The molecule has 3 rings (SSSR count). The van der Waals surface area contributed by atoms with E-state index in [9.17, 15) is 13.2 Å². The van der Waals surface area contributed by atoms with Crippen LogP contribution in [0.5, 0.6) is 0 Å². The molecular formula is C23H40N6O3S. The summed E-state index contributed by atoms with van der Waals surface area (Å²) in [7, 11) is -1.44. The minimum absolute atomic E-state index is 0.188. The highest BCUT2D eigenvalue weighted by atomic mass is 32.2. The molecule has 1 aliphatic heterocycles. The van der Waals surface area contributed by atoms with E-state index in [1.165, 1.54) is 0 Å². The molecule has 0 saturated carbocycles. The molecule has 33 heavy (non-hydrogen) atoms. The number of nitrogens with one attached hydrogen (secondary N) is 1. The number of fused-ring (bicyclic) bond motifs is 1. The molecule has 0 unspecified atom stereocenters. The molecule has 0 amide bonds. The number of aryl methyl sites for hydroxylation is 1. The van der Waals surface area contributed by atoms with E-state index in [4.69, 9.17) is 4.98 Å². The number of H-pyrrole nitrogens is 1. The van der Waals surface area contributed by atoms with Gasteiger partial charge in [0.1, 0.15) is 5.52 Å². The summed E-state index contributed by atoms with van der Waals surface area (Å²) in [4.78, 5) is 23.1. The molecule has 0 radical (unpaired) electrons. The van der Waals surface area contributed by atoms with Crippen molar-refractivity contribution in [2.24, 2.45) is 18.9 Å². The van der Waals surface area contributed by atoms with Gasteiger partial charge in [-0.2, -0.15) is 5.10 Å². The van der Waals surface area contributed by atoms with Crippen molar-refractivity contribution in [1.29, 1.82) is 0 Å². The smallest absolute Gasteiger partial charge is 0.278 e. The minimum atomic E-state index is -3.22. The van der Waals surface area contributed by atoms with E-state index in [1.807, 2.05) is 0 Å². The average molecular weight is 481 g/mol. The number of aromatic amines is 1. The summed E-state index contributed by atoms with van der Waals surface area (Å²) in [6, 6.07) is 0. The molecule has 2 aromatic heterocycles. The Morgan fingerprint density at radius 3 is 2.27 bits per heavy atom. The first-order valence-corrected chi connectivity index (χ1v) is 13.4. The van der Waals surface area contributed by atoms with Gasteiger partial charge in [0, 0.05) is 38.6 Å². The van der Waals surface area contributed by atoms with Gasteiger partial charge >= 0.3 is 0 Å². The number of nitrogens with zero attached hydrogens (tertiary/aromatic N) is 5. The van der Waals surface area contributed by atoms with E-state index < -0.39 is 15.3 Å². The zero-order valence-corrected chi connectivity index (χ0v) is 22.2. The van der Waals surface area contributed by atoms with Gasteiger partial charge in [-0.05, 0) is 38.5 Å². The Morgan fingerprint density at radius 1 is 1.15 bits per heavy atom. The Kier molecular flexibility index (Phi) is 7.29. The van der Waals surface area contributed by atoms with Gasteiger partial charge in [0.25, 0.3) is 5.56 Å². The first-order chi connectivity index (χ1) is 15.2. The first kappa shape index (κ1) is 25.7. The van der Waals surface area contributed by atoms with E-state index in [-0.39, 0.29) is 11.0 Å². The number of hydrogen-bond acceptors (Lipinski definition) is 6. The van der Waals surface area contributed by atoms with E-state index >= 15 is 0 Å². The van der Waals surface area contributed by atoms with E-state index in [1.54, 1.807) is 29.9 Å². The molecule has 0 aliphatic carbocycles. The van der Waals surface area contributed by atoms with Gasteiger partial charge in [-0.15, -0.1) is 0 Å². The Bertz CT molecular complexity index is 1140. The summed E-state index contributed by atoms with van der Waals surface area (Å²) >= 11 is 0. The third-order valence-electron chi connectivity index (χ3n) is 6.28. The van der Waals surface area contributed by atoms with Crippen LogP contribution in [0.25, 0.3) is 11.0 Å². The average Bonchev–Trinajstić information content (AvgIpc) is 3.05. The number of sulfonamides is 1. The van der Waals surface area contributed by atoms with Crippen LogP contribution in [0.2, 0.25) is 0 Å². The van der Waals surface area contributed by atoms with Crippen LogP contribution >= 0.6 is 0 Å². The van der Waals surface area contributed by atoms with Crippen molar-refractivity contribution in [2.45, 2.75) is 72.0 Å². The van der Waals surface area contributed by atoms with Crippen LogP contribution in [-0.4, -0.2) is 63.9 Å². The topological polar surface area (TPSA) is 104 Å². The van der Waals surface area contributed by atoms with Crippen LogP contribution in [0, 0.1) is 11.8 Å². The van der Waals surface area contributed by atoms with Crippen LogP contribution < -0.4 is 10.5 Å². The summed E-state index contributed by atoms with van der Waals surface area (Å²) in [6.07, 6.45) is 1.60. The third kappa shape index (κ3) is 5.42. The standard InChI is InChI=1S/C23H40N6O3S/c1-15(2)13-28(14-17-9-11-29(12-10-17)33(31,32)16(3)4)22-24-18-19(21(30)25-22)27(8)26-20(18)23(5,6)7/h15-17H,9-14H2,1-8H3,(H,24,25,30). The Hall–Kier alpha value is -1.94. The molecule has 2 aromatic rings. The first-order valence-electron chi connectivity index (χ1n) is 11.9. The molecule has 0 atom stereocenters. The second kappa shape index (κ2) is 9.37. The zero-order valence-electron chi connectivity index (χ0n) is 21.3. The summed E-state index contributed by atoms with van der Waals surface area (Å²) in [6.45, 7) is 16.5.